The molecule has 2 rings (SSSR count). The van der Waals surface area contributed by atoms with Crippen molar-refractivity contribution in [2.75, 3.05) is 23.7 Å². The number of benzene rings is 2. The second kappa shape index (κ2) is 8.52. The Labute approximate surface area is 157 Å². The Hall–Kier alpha value is -2.10. The molecule has 0 saturated carbocycles. The van der Waals surface area contributed by atoms with Gasteiger partial charge in [-0.15, -0.1) is 0 Å². The Balaban J connectivity index is 2.08. The summed E-state index contributed by atoms with van der Waals surface area (Å²) in [6, 6.07) is 9.05. The maximum Gasteiger partial charge on any atom is 0.243 e. The number of halogens is 2. The van der Waals surface area contributed by atoms with Crippen LogP contribution in [0.15, 0.2) is 47.4 Å². The lowest BCUT2D eigenvalue weighted by Crippen LogP contribution is -2.30. The average Bonchev–Trinajstić information content (AvgIpc) is 2.55. The molecular weight excluding hydrogens is 380 g/mol. The van der Waals surface area contributed by atoms with Gasteiger partial charge < -0.3 is 10.6 Å². The Kier molecular flexibility index (Phi) is 6.63. The van der Waals surface area contributed by atoms with E-state index in [-0.39, 0.29) is 15.7 Å². The van der Waals surface area contributed by atoms with Gasteiger partial charge in [0, 0.05) is 30.5 Å². The summed E-state index contributed by atoms with van der Waals surface area (Å²) in [7, 11) is -3.53. The van der Waals surface area contributed by atoms with E-state index in [2.05, 4.69) is 10.6 Å². The molecule has 0 heterocycles. The minimum absolute atomic E-state index is 0.120. The minimum atomic E-state index is -3.53. The zero-order valence-electron chi connectivity index (χ0n) is 14.3. The highest BCUT2D eigenvalue weighted by Gasteiger charge is 2.21. The zero-order valence-corrected chi connectivity index (χ0v) is 15.9. The van der Waals surface area contributed by atoms with Crippen molar-refractivity contribution in [3.05, 3.63) is 54.1 Å². The summed E-state index contributed by atoms with van der Waals surface area (Å²) < 4.78 is 52.6. The Morgan fingerprint density at radius 3 is 1.96 bits per heavy atom. The predicted octanol–water partition coefficient (Wildman–Crippen LogP) is 3.80. The highest BCUT2D eigenvalue weighted by molar-refractivity contribution is 7.89. The number of sulfonamides is 1. The first kappa shape index (κ1) is 20.2. The van der Waals surface area contributed by atoms with Crippen LogP contribution in [0.1, 0.15) is 13.8 Å². The lowest BCUT2D eigenvalue weighted by atomic mass is 10.3. The number of nitrogens with zero attached hydrogens (tertiary/aromatic N) is 1. The summed E-state index contributed by atoms with van der Waals surface area (Å²) in [5.41, 5.74) is 0.707. The minimum Gasteiger partial charge on any atom is -0.332 e. The Bertz CT molecular complexity index is 863. The van der Waals surface area contributed by atoms with Crippen LogP contribution in [0, 0.1) is 11.6 Å². The number of thiocarbonyl (C=S) groups is 1. The third-order valence-corrected chi connectivity index (χ3v) is 5.84. The quantitative estimate of drug-likeness (QED) is 0.724. The van der Waals surface area contributed by atoms with Crippen LogP contribution in [0.4, 0.5) is 20.2 Å². The van der Waals surface area contributed by atoms with Crippen molar-refractivity contribution in [1.82, 2.24) is 4.31 Å². The van der Waals surface area contributed by atoms with Crippen molar-refractivity contribution in [3.63, 3.8) is 0 Å². The summed E-state index contributed by atoms with van der Waals surface area (Å²) in [6.45, 7) is 4.32. The van der Waals surface area contributed by atoms with E-state index in [0.717, 1.165) is 18.2 Å². The summed E-state index contributed by atoms with van der Waals surface area (Å²) in [5, 5.41) is 5.62. The number of anilines is 2. The molecule has 9 heteroatoms. The fraction of sp³-hybridized carbons (Fsp3) is 0.235. The number of hydrogen-bond donors (Lipinski definition) is 2. The molecule has 0 bridgehead atoms. The lowest BCUT2D eigenvalue weighted by Gasteiger charge is -2.18. The zero-order chi connectivity index (χ0) is 19.3. The maximum absolute atomic E-state index is 13.2. The molecule has 5 nitrogen and oxygen atoms in total. The average molecular weight is 399 g/mol. The number of hydrogen-bond acceptors (Lipinski definition) is 3. The summed E-state index contributed by atoms with van der Waals surface area (Å²) in [4.78, 5) is 0.179. The molecule has 0 aliphatic heterocycles. The molecular formula is C17H19F2N3O2S2. The van der Waals surface area contributed by atoms with Crippen LogP contribution in [0.2, 0.25) is 0 Å². The highest BCUT2D eigenvalue weighted by atomic mass is 32.2. The SMILES string of the molecule is CCN(CC)S(=O)(=O)c1ccc(NC(=S)Nc2cc(F)cc(F)c2)cc1. The van der Waals surface area contributed by atoms with E-state index in [4.69, 9.17) is 12.2 Å². The van der Waals surface area contributed by atoms with E-state index in [9.17, 15) is 17.2 Å². The van der Waals surface area contributed by atoms with E-state index >= 15 is 0 Å². The Morgan fingerprint density at radius 1 is 0.962 bits per heavy atom. The number of nitrogens with one attached hydrogen (secondary N) is 2. The van der Waals surface area contributed by atoms with Crippen molar-refractivity contribution >= 4 is 38.7 Å². The van der Waals surface area contributed by atoms with Gasteiger partial charge in [0.1, 0.15) is 11.6 Å². The van der Waals surface area contributed by atoms with Crippen molar-refractivity contribution in [2.24, 2.45) is 0 Å². The summed E-state index contributed by atoms with van der Waals surface area (Å²) in [5.74, 6) is -1.44. The molecule has 2 aromatic carbocycles. The standard InChI is InChI=1S/C17H19F2N3O2S2/c1-3-22(4-2)26(23,24)16-7-5-14(6-8-16)20-17(25)21-15-10-12(18)9-13(19)11-15/h5-11H,3-4H2,1-2H3,(H2,20,21,25). The molecule has 26 heavy (non-hydrogen) atoms. The molecule has 0 atom stereocenters. The molecule has 2 aromatic rings. The van der Waals surface area contributed by atoms with Crippen LogP contribution in [0.25, 0.3) is 0 Å². The molecule has 0 unspecified atom stereocenters. The van der Waals surface area contributed by atoms with Crippen LogP contribution in [-0.4, -0.2) is 30.9 Å². The molecule has 0 radical (unpaired) electrons. The smallest absolute Gasteiger partial charge is 0.243 e. The van der Waals surface area contributed by atoms with Gasteiger partial charge in [0.05, 0.1) is 4.90 Å². The van der Waals surface area contributed by atoms with Gasteiger partial charge >= 0.3 is 0 Å². The second-order valence-corrected chi connectivity index (χ2v) is 7.70. The third-order valence-electron chi connectivity index (χ3n) is 3.58. The first-order valence-electron chi connectivity index (χ1n) is 7.90. The van der Waals surface area contributed by atoms with Gasteiger partial charge in [-0.1, -0.05) is 13.8 Å². The van der Waals surface area contributed by atoms with Gasteiger partial charge in [0.25, 0.3) is 0 Å². The van der Waals surface area contributed by atoms with E-state index in [1.807, 2.05) is 0 Å². The van der Waals surface area contributed by atoms with Gasteiger partial charge in [0.15, 0.2) is 5.11 Å². The largest absolute Gasteiger partial charge is 0.332 e. The van der Waals surface area contributed by atoms with Gasteiger partial charge in [-0.05, 0) is 48.6 Å². The molecule has 2 N–H and O–H groups in total. The topological polar surface area (TPSA) is 61.4 Å². The monoisotopic (exact) mass is 399 g/mol. The molecule has 0 fully saturated rings. The van der Waals surface area contributed by atoms with Crippen molar-refractivity contribution in [3.8, 4) is 0 Å². The van der Waals surface area contributed by atoms with E-state index in [1.165, 1.54) is 16.4 Å². The van der Waals surface area contributed by atoms with Crippen LogP contribution in [0.3, 0.4) is 0 Å². The third kappa shape index (κ3) is 4.96. The molecule has 0 aliphatic carbocycles. The summed E-state index contributed by atoms with van der Waals surface area (Å²) in [6.07, 6.45) is 0. The second-order valence-electron chi connectivity index (χ2n) is 5.35. The summed E-state index contributed by atoms with van der Waals surface area (Å²) >= 11 is 5.10. The van der Waals surface area contributed by atoms with Crippen LogP contribution in [0.5, 0.6) is 0 Å². The van der Waals surface area contributed by atoms with Gasteiger partial charge in [-0.2, -0.15) is 4.31 Å². The maximum atomic E-state index is 13.2. The van der Waals surface area contributed by atoms with Crippen molar-refractivity contribution in [1.29, 1.82) is 0 Å². The molecule has 140 valence electrons. The highest BCUT2D eigenvalue weighted by Crippen LogP contribution is 2.19. The van der Waals surface area contributed by atoms with Gasteiger partial charge in [-0.3, -0.25) is 0 Å². The molecule has 0 spiro atoms. The molecule has 0 aromatic heterocycles. The van der Waals surface area contributed by atoms with Crippen LogP contribution < -0.4 is 10.6 Å². The van der Waals surface area contributed by atoms with E-state index in [1.54, 1.807) is 26.0 Å². The molecule has 0 aliphatic rings. The first-order chi connectivity index (χ1) is 12.3. The fourth-order valence-corrected chi connectivity index (χ4v) is 4.04. The fourth-order valence-electron chi connectivity index (χ4n) is 2.34. The lowest BCUT2D eigenvalue weighted by molar-refractivity contribution is 0.445. The van der Waals surface area contributed by atoms with E-state index < -0.39 is 21.7 Å². The van der Waals surface area contributed by atoms with Crippen molar-refractivity contribution < 1.29 is 17.2 Å². The van der Waals surface area contributed by atoms with Gasteiger partial charge in [-0.25, -0.2) is 17.2 Å². The molecule has 0 amide bonds. The van der Waals surface area contributed by atoms with E-state index in [0.29, 0.717) is 18.8 Å². The predicted molar refractivity (Wildman–Crippen MR) is 103 cm³/mol. The van der Waals surface area contributed by atoms with Gasteiger partial charge in [0.2, 0.25) is 10.0 Å². The Morgan fingerprint density at radius 2 is 1.46 bits per heavy atom. The number of rotatable bonds is 6. The normalized spacial score (nSPS) is 11.4. The van der Waals surface area contributed by atoms with Crippen LogP contribution in [-0.2, 0) is 10.0 Å². The first-order valence-corrected chi connectivity index (χ1v) is 9.75. The van der Waals surface area contributed by atoms with Crippen LogP contribution >= 0.6 is 12.2 Å². The molecule has 0 saturated heterocycles. The van der Waals surface area contributed by atoms with Crippen molar-refractivity contribution in [2.45, 2.75) is 18.7 Å².